The van der Waals surface area contributed by atoms with Crippen LogP contribution in [0.5, 0.6) is 5.75 Å². The Hall–Kier alpha value is -3.07. The van der Waals surface area contributed by atoms with Gasteiger partial charge in [0.2, 0.25) is 5.91 Å². The van der Waals surface area contributed by atoms with E-state index in [1.54, 1.807) is 11.7 Å². The summed E-state index contributed by atoms with van der Waals surface area (Å²) >= 11 is 2.50. The summed E-state index contributed by atoms with van der Waals surface area (Å²) in [5.41, 5.74) is 1.94. The SMILES string of the molecule is CCOc1ccc2c(c1)sc(=NC(=O)CS(=O)(=O)CC(=O)Nc1sc3c(c1C(=O)OC)CCCCC3)n2CCOC. The van der Waals surface area contributed by atoms with Gasteiger partial charge in [0.15, 0.2) is 14.6 Å². The second-order valence-corrected chi connectivity index (χ2v) is 13.6. The number of fused-ring (bicyclic) bond motifs is 2. The molecule has 2 heterocycles. The number of esters is 1. The molecule has 4 rings (SSSR count). The van der Waals surface area contributed by atoms with E-state index >= 15 is 0 Å². The van der Waals surface area contributed by atoms with Gasteiger partial charge in [-0.2, -0.15) is 4.99 Å². The minimum absolute atomic E-state index is 0.274. The molecule has 41 heavy (non-hydrogen) atoms. The molecule has 1 aliphatic carbocycles. The molecule has 2 aromatic heterocycles. The Bertz CT molecular complexity index is 1620. The van der Waals surface area contributed by atoms with Crippen molar-refractivity contribution in [2.24, 2.45) is 4.99 Å². The molecule has 0 fully saturated rings. The highest BCUT2D eigenvalue weighted by atomic mass is 32.2. The Morgan fingerprint density at radius 3 is 2.59 bits per heavy atom. The third kappa shape index (κ3) is 7.61. The number of benzene rings is 1. The molecule has 0 bridgehead atoms. The van der Waals surface area contributed by atoms with Crippen molar-refractivity contribution in [3.8, 4) is 5.75 Å². The average Bonchev–Trinajstić information content (AvgIpc) is 3.32. The number of hydrogen-bond acceptors (Lipinski definition) is 10. The Balaban J connectivity index is 1.52. The Morgan fingerprint density at radius 1 is 1.07 bits per heavy atom. The van der Waals surface area contributed by atoms with Crippen molar-refractivity contribution in [1.29, 1.82) is 0 Å². The number of nitrogens with one attached hydrogen (secondary N) is 1. The van der Waals surface area contributed by atoms with Crippen molar-refractivity contribution < 1.29 is 37.0 Å². The largest absolute Gasteiger partial charge is 0.494 e. The fourth-order valence-electron chi connectivity index (χ4n) is 4.68. The number of methoxy groups -OCH3 is 2. The third-order valence-electron chi connectivity index (χ3n) is 6.46. The number of ether oxygens (including phenoxy) is 3. The van der Waals surface area contributed by atoms with Gasteiger partial charge in [-0.15, -0.1) is 11.3 Å². The summed E-state index contributed by atoms with van der Waals surface area (Å²) in [6.07, 6.45) is 4.41. The first-order valence-corrected chi connectivity index (χ1v) is 16.7. The average molecular weight is 624 g/mol. The zero-order chi connectivity index (χ0) is 29.6. The van der Waals surface area contributed by atoms with Crippen LogP contribution in [0.2, 0.25) is 0 Å². The van der Waals surface area contributed by atoms with Gasteiger partial charge in [0.1, 0.15) is 22.3 Å². The smallest absolute Gasteiger partial charge is 0.341 e. The highest BCUT2D eigenvalue weighted by molar-refractivity contribution is 7.92. The first-order chi connectivity index (χ1) is 19.7. The maximum Gasteiger partial charge on any atom is 0.341 e. The van der Waals surface area contributed by atoms with Gasteiger partial charge in [-0.3, -0.25) is 9.59 Å². The summed E-state index contributed by atoms with van der Waals surface area (Å²) in [5.74, 6) is -3.49. The van der Waals surface area contributed by atoms with Gasteiger partial charge in [-0.1, -0.05) is 17.8 Å². The van der Waals surface area contributed by atoms with Crippen LogP contribution in [0.15, 0.2) is 23.2 Å². The Labute approximate surface area is 246 Å². The van der Waals surface area contributed by atoms with Gasteiger partial charge in [-0.25, -0.2) is 13.2 Å². The Morgan fingerprint density at radius 2 is 1.85 bits per heavy atom. The number of anilines is 1. The predicted molar refractivity (Wildman–Crippen MR) is 158 cm³/mol. The van der Waals surface area contributed by atoms with E-state index < -0.39 is 39.1 Å². The quantitative estimate of drug-likeness (QED) is 0.253. The molecule has 14 heteroatoms. The molecule has 0 radical (unpaired) electrons. The van der Waals surface area contributed by atoms with E-state index in [2.05, 4.69) is 10.3 Å². The molecule has 2 amide bonds. The molecule has 0 aliphatic heterocycles. The number of thiazole rings is 1. The lowest BCUT2D eigenvalue weighted by atomic mass is 10.1. The van der Waals surface area contributed by atoms with Crippen molar-refractivity contribution in [2.75, 3.05) is 44.3 Å². The topological polar surface area (TPSA) is 142 Å². The van der Waals surface area contributed by atoms with Crippen LogP contribution >= 0.6 is 22.7 Å². The van der Waals surface area contributed by atoms with E-state index in [1.165, 1.54) is 29.8 Å². The third-order valence-corrected chi connectivity index (χ3v) is 10.1. The fourth-order valence-corrected chi connectivity index (χ4v) is 8.09. The fraction of sp³-hybridized carbons (Fsp3) is 0.481. The van der Waals surface area contributed by atoms with E-state index in [1.807, 2.05) is 25.1 Å². The van der Waals surface area contributed by atoms with Crippen LogP contribution in [0.1, 0.15) is 47.0 Å². The van der Waals surface area contributed by atoms with Crippen LogP contribution in [0.3, 0.4) is 0 Å². The van der Waals surface area contributed by atoms with E-state index in [-0.39, 0.29) is 10.6 Å². The van der Waals surface area contributed by atoms with Gasteiger partial charge >= 0.3 is 5.97 Å². The van der Waals surface area contributed by atoms with Crippen molar-refractivity contribution in [3.63, 3.8) is 0 Å². The molecular formula is C27H33N3O8S3. The number of rotatable bonds is 11. The summed E-state index contributed by atoms with van der Waals surface area (Å²) in [5, 5.41) is 2.85. The first kappa shape index (κ1) is 30.9. The van der Waals surface area contributed by atoms with Gasteiger partial charge in [0, 0.05) is 18.5 Å². The molecule has 1 aromatic carbocycles. The number of sulfone groups is 1. The van der Waals surface area contributed by atoms with Crippen LogP contribution in [-0.2, 0) is 48.3 Å². The highest BCUT2D eigenvalue weighted by Crippen LogP contribution is 2.38. The molecule has 1 N–H and O–H groups in total. The van der Waals surface area contributed by atoms with Gasteiger partial charge in [0.25, 0.3) is 5.91 Å². The standard InChI is InChI=1S/C27H33N3O8S3/c1-4-38-17-10-11-19-21(14-17)40-27(30(19)12-13-36-2)29-23(32)16-41(34,35)15-22(31)28-25-24(26(33)37-3)18-8-6-5-7-9-20(18)39-25/h10-11,14H,4-9,12-13,15-16H2,1-3H3,(H,28,31). The molecule has 0 saturated carbocycles. The second kappa shape index (κ2) is 13.7. The monoisotopic (exact) mass is 623 g/mol. The van der Waals surface area contributed by atoms with E-state index in [4.69, 9.17) is 14.2 Å². The minimum Gasteiger partial charge on any atom is -0.494 e. The van der Waals surface area contributed by atoms with Gasteiger partial charge < -0.3 is 24.1 Å². The summed E-state index contributed by atoms with van der Waals surface area (Å²) < 4.78 is 43.9. The summed E-state index contributed by atoms with van der Waals surface area (Å²) in [4.78, 5) is 43.5. The lowest BCUT2D eigenvalue weighted by Crippen LogP contribution is -2.28. The number of aryl methyl sites for hydroxylation is 1. The molecule has 0 saturated heterocycles. The number of carbonyl (C=O) groups is 3. The maximum atomic E-state index is 12.8. The zero-order valence-corrected chi connectivity index (χ0v) is 25.6. The van der Waals surface area contributed by atoms with E-state index in [0.29, 0.717) is 36.7 Å². The molecular weight excluding hydrogens is 591 g/mol. The first-order valence-electron chi connectivity index (χ1n) is 13.2. The molecule has 0 atom stereocenters. The van der Waals surface area contributed by atoms with Gasteiger partial charge in [0.05, 0.1) is 36.1 Å². The highest BCUT2D eigenvalue weighted by Gasteiger charge is 2.28. The van der Waals surface area contributed by atoms with Crippen LogP contribution in [0.25, 0.3) is 10.2 Å². The molecule has 0 unspecified atom stereocenters. The normalized spacial score (nSPS) is 14.0. The van der Waals surface area contributed by atoms with E-state index in [0.717, 1.165) is 46.3 Å². The number of aromatic nitrogens is 1. The van der Waals surface area contributed by atoms with Crippen LogP contribution < -0.4 is 14.9 Å². The number of nitrogens with zero attached hydrogens (tertiary/aromatic N) is 2. The lowest BCUT2D eigenvalue weighted by Gasteiger charge is -2.08. The zero-order valence-electron chi connectivity index (χ0n) is 23.2. The van der Waals surface area contributed by atoms with Crippen molar-refractivity contribution in [1.82, 2.24) is 4.57 Å². The van der Waals surface area contributed by atoms with Crippen LogP contribution in [-0.4, -0.2) is 69.7 Å². The van der Waals surface area contributed by atoms with Crippen molar-refractivity contribution in [2.45, 2.75) is 45.6 Å². The van der Waals surface area contributed by atoms with Crippen molar-refractivity contribution in [3.05, 3.63) is 39.0 Å². The van der Waals surface area contributed by atoms with E-state index in [9.17, 15) is 22.8 Å². The summed E-state index contributed by atoms with van der Waals surface area (Å²) in [6.45, 7) is 3.14. The number of hydrogen-bond donors (Lipinski definition) is 1. The minimum atomic E-state index is -4.16. The van der Waals surface area contributed by atoms with Crippen LogP contribution in [0, 0.1) is 0 Å². The summed E-state index contributed by atoms with van der Waals surface area (Å²) in [6, 6.07) is 5.50. The number of amides is 2. The summed E-state index contributed by atoms with van der Waals surface area (Å²) in [7, 11) is -1.33. The predicted octanol–water partition coefficient (Wildman–Crippen LogP) is 3.35. The van der Waals surface area contributed by atoms with Crippen LogP contribution in [0.4, 0.5) is 5.00 Å². The second-order valence-electron chi connectivity index (χ2n) is 9.44. The number of thiophene rings is 1. The molecule has 222 valence electrons. The van der Waals surface area contributed by atoms with Crippen molar-refractivity contribution >= 4 is 65.5 Å². The molecule has 11 nitrogen and oxygen atoms in total. The lowest BCUT2D eigenvalue weighted by molar-refractivity contribution is -0.115. The maximum absolute atomic E-state index is 12.8. The molecule has 0 spiro atoms. The van der Waals surface area contributed by atoms with Gasteiger partial charge in [-0.05, 0) is 56.4 Å². The Kier molecular flexibility index (Phi) is 10.3. The number of carbonyl (C=O) groups excluding carboxylic acids is 3. The molecule has 1 aliphatic rings. The molecule has 3 aromatic rings.